The summed E-state index contributed by atoms with van der Waals surface area (Å²) in [6.45, 7) is 2.45. The monoisotopic (exact) mass is 510 g/mol. The highest BCUT2D eigenvalue weighted by Crippen LogP contribution is 2.33. The van der Waals surface area contributed by atoms with Crippen LogP contribution in [0.5, 0.6) is 11.5 Å². The molecule has 1 aliphatic rings. The van der Waals surface area contributed by atoms with Crippen LogP contribution in [0.15, 0.2) is 84.9 Å². The van der Waals surface area contributed by atoms with Crippen LogP contribution in [0.4, 0.5) is 0 Å². The van der Waals surface area contributed by atoms with Crippen molar-refractivity contribution in [3.05, 3.63) is 102 Å². The normalized spacial score (nSPS) is 16.6. The van der Waals surface area contributed by atoms with Crippen LogP contribution in [0.2, 0.25) is 0 Å². The van der Waals surface area contributed by atoms with Crippen LogP contribution >= 0.6 is 0 Å². The van der Waals surface area contributed by atoms with Crippen molar-refractivity contribution in [3.63, 3.8) is 0 Å². The predicted molar refractivity (Wildman–Crippen MR) is 144 cm³/mol. The molecule has 1 unspecified atom stereocenters. The SMILES string of the molecule is COc1ccccc1CNC(=O)C1(C)Cn2nc(-c3ccccc3)cc2C(=O)N1Cc1ccccc1OC. The third-order valence-electron chi connectivity index (χ3n) is 7.01. The Bertz CT molecular complexity index is 1470. The molecule has 38 heavy (non-hydrogen) atoms. The molecular weight excluding hydrogens is 480 g/mol. The van der Waals surface area contributed by atoms with Gasteiger partial charge in [0.25, 0.3) is 5.91 Å². The van der Waals surface area contributed by atoms with Gasteiger partial charge in [-0.25, -0.2) is 0 Å². The lowest BCUT2D eigenvalue weighted by atomic mass is 9.93. The highest BCUT2D eigenvalue weighted by atomic mass is 16.5. The van der Waals surface area contributed by atoms with Gasteiger partial charge in [0.15, 0.2) is 0 Å². The van der Waals surface area contributed by atoms with Gasteiger partial charge in [0.2, 0.25) is 5.91 Å². The molecule has 8 nitrogen and oxygen atoms in total. The van der Waals surface area contributed by atoms with E-state index in [9.17, 15) is 9.59 Å². The average Bonchev–Trinajstić information content (AvgIpc) is 3.38. The van der Waals surface area contributed by atoms with Crippen molar-refractivity contribution >= 4 is 11.8 Å². The van der Waals surface area contributed by atoms with Crippen LogP contribution in [0.1, 0.15) is 28.5 Å². The van der Waals surface area contributed by atoms with Crippen molar-refractivity contribution < 1.29 is 19.1 Å². The number of hydrogen-bond donors (Lipinski definition) is 1. The van der Waals surface area contributed by atoms with Crippen LogP contribution in [-0.2, 0) is 24.4 Å². The van der Waals surface area contributed by atoms with Gasteiger partial charge in [-0.2, -0.15) is 5.10 Å². The number of nitrogens with one attached hydrogen (secondary N) is 1. The topological polar surface area (TPSA) is 85.7 Å². The molecule has 0 aliphatic carbocycles. The van der Waals surface area contributed by atoms with Crippen molar-refractivity contribution in [2.75, 3.05) is 14.2 Å². The molecule has 4 aromatic rings. The second kappa shape index (κ2) is 10.4. The van der Waals surface area contributed by atoms with Crippen molar-refractivity contribution in [1.29, 1.82) is 0 Å². The van der Waals surface area contributed by atoms with Crippen molar-refractivity contribution in [2.45, 2.75) is 32.1 Å². The molecule has 1 N–H and O–H groups in total. The lowest BCUT2D eigenvalue weighted by Crippen LogP contribution is -2.63. The Labute approximate surface area is 221 Å². The highest BCUT2D eigenvalue weighted by Gasteiger charge is 2.48. The van der Waals surface area contributed by atoms with Crippen molar-refractivity contribution in [1.82, 2.24) is 20.0 Å². The van der Waals surface area contributed by atoms with Crippen LogP contribution in [0, 0.1) is 0 Å². The molecule has 0 saturated heterocycles. The summed E-state index contributed by atoms with van der Waals surface area (Å²) in [7, 11) is 3.19. The van der Waals surface area contributed by atoms with Crippen molar-refractivity contribution in [3.8, 4) is 22.8 Å². The summed E-state index contributed by atoms with van der Waals surface area (Å²) in [5, 5.41) is 7.75. The number of aromatic nitrogens is 2. The van der Waals surface area contributed by atoms with Gasteiger partial charge >= 0.3 is 0 Å². The zero-order valence-electron chi connectivity index (χ0n) is 21.7. The number of ether oxygens (including phenoxy) is 2. The first-order valence-corrected chi connectivity index (χ1v) is 12.4. The molecule has 0 spiro atoms. The van der Waals surface area contributed by atoms with Gasteiger partial charge in [-0.1, -0.05) is 66.7 Å². The van der Waals surface area contributed by atoms with E-state index in [1.807, 2.05) is 78.9 Å². The first kappa shape index (κ1) is 25.1. The van der Waals surface area contributed by atoms with E-state index < -0.39 is 5.54 Å². The summed E-state index contributed by atoms with van der Waals surface area (Å²) in [4.78, 5) is 29.5. The second-order valence-corrected chi connectivity index (χ2v) is 9.41. The van der Waals surface area contributed by atoms with E-state index in [0.717, 1.165) is 16.7 Å². The van der Waals surface area contributed by atoms with Gasteiger partial charge in [0.1, 0.15) is 22.7 Å². The Hall–Kier alpha value is -4.59. The minimum Gasteiger partial charge on any atom is -0.496 e. The third kappa shape index (κ3) is 4.61. The molecule has 0 bridgehead atoms. The van der Waals surface area contributed by atoms with E-state index in [1.54, 1.807) is 36.8 Å². The molecule has 3 aromatic carbocycles. The number of amides is 2. The Morgan fingerprint density at radius 1 is 0.921 bits per heavy atom. The van der Waals surface area contributed by atoms with E-state index in [1.165, 1.54) is 0 Å². The molecule has 2 amide bonds. The average molecular weight is 511 g/mol. The van der Waals surface area contributed by atoms with Crippen LogP contribution in [0.3, 0.4) is 0 Å². The molecule has 8 heteroatoms. The fourth-order valence-electron chi connectivity index (χ4n) is 4.86. The summed E-state index contributed by atoms with van der Waals surface area (Å²) in [6, 6.07) is 26.5. The molecule has 194 valence electrons. The summed E-state index contributed by atoms with van der Waals surface area (Å²) >= 11 is 0. The quantitative estimate of drug-likeness (QED) is 0.382. The molecule has 0 radical (unpaired) electrons. The molecule has 1 atom stereocenters. The largest absolute Gasteiger partial charge is 0.496 e. The number of carbonyl (C=O) groups is 2. The van der Waals surface area contributed by atoms with Gasteiger partial charge in [0.05, 0.1) is 33.0 Å². The van der Waals surface area contributed by atoms with Crippen molar-refractivity contribution in [2.24, 2.45) is 0 Å². The highest BCUT2D eigenvalue weighted by molar-refractivity contribution is 6.00. The molecule has 0 fully saturated rings. The van der Waals surface area contributed by atoms with E-state index in [-0.39, 0.29) is 31.4 Å². The number of para-hydroxylation sites is 2. The Kier molecular flexibility index (Phi) is 6.87. The smallest absolute Gasteiger partial charge is 0.273 e. The zero-order chi connectivity index (χ0) is 26.7. The van der Waals surface area contributed by atoms with Crippen LogP contribution in [-0.4, -0.2) is 46.3 Å². The third-order valence-corrected chi connectivity index (χ3v) is 7.01. The van der Waals surface area contributed by atoms with Gasteiger partial charge in [0, 0.05) is 23.2 Å². The molecule has 1 aliphatic heterocycles. The lowest BCUT2D eigenvalue weighted by Gasteiger charge is -2.43. The Morgan fingerprint density at radius 2 is 1.53 bits per heavy atom. The van der Waals surface area contributed by atoms with Gasteiger partial charge < -0.3 is 19.7 Å². The number of fused-ring (bicyclic) bond motifs is 1. The molecule has 0 saturated carbocycles. The van der Waals surface area contributed by atoms with E-state index in [2.05, 4.69) is 5.32 Å². The summed E-state index contributed by atoms with van der Waals surface area (Å²) in [6.07, 6.45) is 0. The molecular formula is C30H30N4O4. The summed E-state index contributed by atoms with van der Waals surface area (Å²) in [5.74, 6) is 0.785. The minimum absolute atomic E-state index is 0.202. The fraction of sp³-hybridized carbons (Fsp3) is 0.233. The number of rotatable bonds is 8. The number of methoxy groups -OCH3 is 2. The maximum Gasteiger partial charge on any atom is 0.273 e. The van der Waals surface area contributed by atoms with E-state index in [4.69, 9.17) is 14.6 Å². The first-order valence-electron chi connectivity index (χ1n) is 12.4. The molecule has 1 aromatic heterocycles. The van der Waals surface area contributed by atoms with Crippen LogP contribution < -0.4 is 14.8 Å². The number of nitrogens with zero attached hydrogens (tertiary/aromatic N) is 3. The lowest BCUT2D eigenvalue weighted by molar-refractivity contribution is -0.133. The number of hydrogen-bond acceptors (Lipinski definition) is 5. The standard InChI is InChI=1S/C30H30N4O4/c1-30(29(36)31-18-22-13-7-9-15-26(22)37-2)20-34-25(17-24(32-34)21-11-5-4-6-12-21)28(35)33(30)19-23-14-8-10-16-27(23)38-3/h4-17H,18-20H2,1-3H3,(H,31,36). The van der Waals surface area contributed by atoms with Gasteiger partial charge in [-0.15, -0.1) is 0 Å². The zero-order valence-corrected chi connectivity index (χ0v) is 21.7. The molecule has 5 rings (SSSR count). The minimum atomic E-state index is -1.22. The molecule has 2 heterocycles. The van der Waals surface area contributed by atoms with Crippen LogP contribution in [0.25, 0.3) is 11.3 Å². The predicted octanol–water partition coefficient (Wildman–Crippen LogP) is 4.30. The second-order valence-electron chi connectivity index (χ2n) is 9.41. The maximum atomic E-state index is 14.0. The van der Waals surface area contributed by atoms with Gasteiger partial charge in [-0.05, 0) is 25.1 Å². The maximum absolute atomic E-state index is 14.0. The number of benzene rings is 3. The van der Waals surface area contributed by atoms with E-state index in [0.29, 0.717) is 22.9 Å². The fourth-order valence-corrected chi connectivity index (χ4v) is 4.86. The summed E-state index contributed by atoms with van der Waals surface area (Å²) in [5.41, 5.74) is 2.46. The Balaban J connectivity index is 1.51. The number of carbonyl (C=O) groups excluding carboxylic acids is 2. The first-order chi connectivity index (χ1) is 18.4. The summed E-state index contributed by atoms with van der Waals surface area (Å²) < 4.78 is 12.6. The van der Waals surface area contributed by atoms with E-state index >= 15 is 0 Å². The Morgan fingerprint density at radius 3 is 2.21 bits per heavy atom. The van der Waals surface area contributed by atoms with Gasteiger partial charge in [-0.3, -0.25) is 14.3 Å².